The van der Waals surface area contributed by atoms with Crippen LogP contribution in [-0.4, -0.2) is 17.4 Å². The fraction of sp³-hybridized carbons (Fsp3) is 0.500. The van der Waals surface area contributed by atoms with Crippen molar-refractivity contribution in [3.8, 4) is 0 Å². The third kappa shape index (κ3) is 7.04. The molecular formula is C14H23NO. The van der Waals surface area contributed by atoms with Crippen LogP contribution in [0, 0.1) is 0 Å². The molecule has 0 aliphatic carbocycles. The van der Waals surface area contributed by atoms with Gasteiger partial charge in [-0.15, -0.1) is 0 Å². The van der Waals surface area contributed by atoms with Crippen LogP contribution in [0.4, 0.5) is 0 Å². The minimum Gasteiger partial charge on any atom is -0.316 e. The molecule has 0 fully saturated rings. The van der Waals surface area contributed by atoms with E-state index in [-0.39, 0.29) is 5.91 Å². The van der Waals surface area contributed by atoms with E-state index in [1.807, 2.05) is 6.92 Å². The van der Waals surface area contributed by atoms with Crippen LogP contribution in [0.25, 0.3) is 0 Å². The number of allylic oxidation sites excluding steroid dienone is 3. The summed E-state index contributed by atoms with van der Waals surface area (Å²) in [5.74, 6) is 0.0358. The molecule has 0 aliphatic heterocycles. The number of nitrogens with zero attached hydrogens (tertiary/aromatic N) is 1. The molecule has 0 aromatic rings. The zero-order valence-corrected chi connectivity index (χ0v) is 10.7. The molecule has 0 N–H and O–H groups in total. The van der Waals surface area contributed by atoms with E-state index in [9.17, 15) is 4.79 Å². The molecule has 0 aromatic carbocycles. The van der Waals surface area contributed by atoms with Crippen molar-refractivity contribution < 1.29 is 4.79 Å². The Morgan fingerprint density at radius 1 is 1.25 bits per heavy atom. The van der Waals surface area contributed by atoms with Gasteiger partial charge in [0.25, 0.3) is 0 Å². The van der Waals surface area contributed by atoms with E-state index >= 15 is 0 Å². The van der Waals surface area contributed by atoms with Crippen LogP contribution in [-0.2, 0) is 4.79 Å². The Hall–Kier alpha value is -1.31. The third-order valence-electron chi connectivity index (χ3n) is 2.27. The van der Waals surface area contributed by atoms with Crippen molar-refractivity contribution in [2.45, 2.75) is 40.0 Å². The molecular weight excluding hydrogens is 198 g/mol. The van der Waals surface area contributed by atoms with Crippen molar-refractivity contribution in [3.05, 3.63) is 36.6 Å². The number of carbonyl (C=O) groups is 1. The van der Waals surface area contributed by atoms with Crippen LogP contribution in [0.1, 0.15) is 40.0 Å². The second-order valence-electron chi connectivity index (χ2n) is 3.84. The van der Waals surface area contributed by atoms with Gasteiger partial charge < -0.3 is 4.90 Å². The minimum absolute atomic E-state index is 0.0358. The maximum absolute atomic E-state index is 11.1. The molecule has 0 rings (SSSR count). The smallest absolute Gasteiger partial charge is 0.223 e. The van der Waals surface area contributed by atoms with Gasteiger partial charge >= 0.3 is 0 Å². The molecule has 1 amide bonds. The van der Waals surface area contributed by atoms with Gasteiger partial charge in [-0.2, -0.15) is 0 Å². The lowest BCUT2D eigenvalue weighted by Crippen LogP contribution is -2.24. The molecule has 2 nitrogen and oxygen atoms in total. The van der Waals surface area contributed by atoms with E-state index in [2.05, 4.69) is 31.7 Å². The highest BCUT2D eigenvalue weighted by Crippen LogP contribution is 2.03. The van der Waals surface area contributed by atoms with E-state index in [1.54, 1.807) is 18.0 Å². The number of hydrogen-bond donors (Lipinski definition) is 0. The summed E-state index contributed by atoms with van der Waals surface area (Å²) < 4.78 is 0. The zero-order valence-electron chi connectivity index (χ0n) is 10.7. The average Bonchev–Trinajstić information content (AvgIpc) is 2.25. The van der Waals surface area contributed by atoms with Crippen LogP contribution < -0.4 is 0 Å². The van der Waals surface area contributed by atoms with E-state index in [4.69, 9.17) is 0 Å². The highest BCUT2D eigenvalue weighted by atomic mass is 16.2. The van der Waals surface area contributed by atoms with Gasteiger partial charge in [-0.25, -0.2) is 0 Å². The fourth-order valence-corrected chi connectivity index (χ4v) is 1.35. The van der Waals surface area contributed by atoms with Crippen LogP contribution >= 0.6 is 0 Å². The number of unbranched alkanes of at least 4 members (excludes halogenated alkanes) is 1. The van der Waals surface area contributed by atoms with Crippen molar-refractivity contribution in [3.63, 3.8) is 0 Å². The lowest BCUT2D eigenvalue weighted by Gasteiger charge is -2.15. The predicted molar refractivity (Wildman–Crippen MR) is 70.0 cm³/mol. The number of amides is 1. The lowest BCUT2D eigenvalue weighted by molar-refractivity contribution is -0.125. The van der Waals surface area contributed by atoms with E-state index in [0.29, 0.717) is 6.54 Å². The van der Waals surface area contributed by atoms with Gasteiger partial charge in [-0.1, -0.05) is 37.3 Å². The maximum Gasteiger partial charge on any atom is 0.223 e. The molecule has 0 bridgehead atoms. The predicted octanol–water partition coefficient (Wildman–Crippen LogP) is 3.67. The van der Waals surface area contributed by atoms with E-state index in [1.165, 1.54) is 5.57 Å². The second kappa shape index (κ2) is 8.96. The lowest BCUT2D eigenvalue weighted by atomic mass is 10.2. The molecule has 0 heterocycles. The summed E-state index contributed by atoms with van der Waals surface area (Å²) in [7, 11) is 0. The molecule has 0 saturated heterocycles. The first-order chi connectivity index (χ1) is 7.61. The van der Waals surface area contributed by atoms with Crippen molar-refractivity contribution in [2.24, 2.45) is 0 Å². The number of hydrogen-bond acceptors (Lipinski definition) is 1. The Morgan fingerprint density at radius 2 is 1.94 bits per heavy atom. The Bertz CT molecular complexity index is 276. The van der Waals surface area contributed by atoms with Gasteiger partial charge in [0, 0.05) is 13.5 Å². The van der Waals surface area contributed by atoms with Crippen molar-refractivity contribution in [2.75, 3.05) is 6.54 Å². The standard InChI is InChI=1S/C14H23NO/c1-5-7-8-9-10-11-13(3)12-15(6-2)14(4)16/h6-8,11H,2,5,9-10,12H2,1,3-4H3/b8-7-,13-11-. The van der Waals surface area contributed by atoms with Gasteiger partial charge in [0.15, 0.2) is 0 Å². The minimum atomic E-state index is 0.0358. The summed E-state index contributed by atoms with van der Waals surface area (Å²) in [5, 5.41) is 0. The highest BCUT2D eigenvalue weighted by Gasteiger charge is 2.03. The molecule has 0 aromatic heterocycles. The molecule has 90 valence electrons. The van der Waals surface area contributed by atoms with Crippen molar-refractivity contribution in [1.29, 1.82) is 0 Å². The summed E-state index contributed by atoms with van der Waals surface area (Å²) in [4.78, 5) is 12.8. The molecule has 0 saturated carbocycles. The summed E-state index contributed by atoms with van der Waals surface area (Å²) in [6, 6.07) is 0. The Labute approximate surface area is 99.3 Å². The Kier molecular flexibility index (Phi) is 8.22. The van der Waals surface area contributed by atoms with E-state index in [0.717, 1.165) is 19.3 Å². The largest absolute Gasteiger partial charge is 0.316 e. The Morgan fingerprint density at radius 3 is 2.44 bits per heavy atom. The molecule has 0 unspecified atom stereocenters. The average molecular weight is 221 g/mol. The van der Waals surface area contributed by atoms with Crippen LogP contribution in [0.3, 0.4) is 0 Å². The summed E-state index contributed by atoms with van der Waals surface area (Å²) in [5.41, 5.74) is 1.21. The molecule has 0 radical (unpaired) electrons. The topological polar surface area (TPSA) is 20.3 Å². The third-order valence-corrected chi connectivity index (χ3v) is 2.27. The molecule has 0 aliphatic rings. The van der Waals surface area contributed by atoms with Gasteiger partial charge in [0.1, 0.15) is 0 Å². The van der Waals surface area contributed by atoms with Gasteiger partial charge in [0.05, 0.1) is 0 Å². The summed E-state index contributed by atoms with van der Waals surface area (Å²) >= 11 is 0. The molecule has 0 spiro atoms. The van der Waals surface area contributed by atoms with Gasteiger partial charge in [-0.3, -0.25) is 4.79 Å². The summed E-state index contributed by atoms with van der Waals surface area (Å²) in [6.07, 6.45) is 11.3. The molecule has 16 heavy (non-hydrogen) atoms. The van der Waals surface area contributed by atoms with Crippen molar-refractivity contribution in [1.82, 2.24) is 4.90 Å². The van der Waals surface area contributed by atoms with Crippen LogP contribution in [0.2, 0.25) is 0 Å². The normalized spacial score (nSPS) is 11.8. The maximum atomic E-state index is 11.1. The second-order valence-corrected chi connectivity index (χ2v) is 3.84. The monoisotopic (exact) mass is 221 g/mol. The quantitative estimate of drug-likeness (QED) is 0.474. The van der Waals surface area contributed by atoms with E-state index < -0.39 is 0 Å². The highest BCUT2D eigenvalue weighted by molar-refractivity contribution is 5.74. The Balaban J connectivity index is 3.98. The zero-order chi connectivity index (χ0) is 12.4. The molecule has 0 atom stereocenters. The first kappa shape index (κ1) is 14.7. The fourth-order valence-electron chi connectivity index (χ4n) is 1.35. The van der Waals surface area contributed by atoms with Crippen molar-refractivity contribution >= 4 is 5.91 Å². The number of rotatable bonds is 7. The van der Waals surface area contributed by atoms with Crippen LogP contribution in [0.5, 0.6) is 0 Å². The van der Waals surface area contributed by atoms with Crippen LogP contribution in [0.15, 0.2) is 36.6 Å². The first-order valence-corrected chi connectivity index (χ1v) is 5.82. The molecule has 2 heteroatoms. The number of carbonyl (C=O) groups excluding carboxylic acids is 1. The summed E-state index contributed by atoms with van der Waals surface area (Å²) in [6.45, 7) is 10.0. The van der Waals surface area contributed by atoms with Gasteiger partial charge in [-0.05, 0) is 32.4 Å². The SMILES string of the molecule is C=CN(C/C(C)=C\CC/C=C\CC)C(C)=O. The first-order valence-electron chi connectivity index (χ1n) is 5.82. The van der Waals surface area contributed by atoms with Gasteiger partial charge in [0.2, 0.25) is 5.91 Å².